The van der Waals surface area contributed by atoms with Crippen molar-refractivity contribution < 1.29 is 22.3 Å². The molecule has 0 bridgehead atoms. The van der Waals surface area contributed by atoms with Crippen LogP contribution in [-0.4, -0.2) is 50.4 Å². The van der Waals surface area contributed by atoms with Gasteiger partial charge in [-0.1, -0.05) is 12.1 Å². The van der Waals surface area contributed by atoms with E-state index in [0.717, 1.165) is 5.56 Å². The Morgan fingerprint density at radius 1 is 1.24 bits per heavy atom. The highest BCUT2D eigenvalue weighted by Gasteiger charge is 2.27. The number of ether oxygens (including phenoxy) is 1. The van der Waals surface area contributed by atoms with E-state index in [1.54, 1.807) is 12.1 Å². The molecule has 1 rings (SSSR count). The van der Waals surface area contributed by atoms with Crippen molar-refractivity contribution in [1.82, 2.24) is 10.2 Å². The maximum Gasteiger partial charge on any atom is 0.411 e. The van der Waals surface area contributed by atoms with E-state index in [9.17, 15) is 17.6 Å². The highest BCUT2D eigenvalue weighted by molar-refractivity contribution is 14.0. The molecule has 1 aromatic carbocycles. The fourth-order valence-corrected chi connectivity index (χ4v) is 1.95. The summed E-state index contributed by atoms with van der Waals surface area (Å²) < 4.78 is 53.3. The lowest BCUT2D eigenvalue weighted by atomic mass is 10.2. The smallest absolute Gasteiger partial charge is 0.372 e. The zero-order valence-electron chi connectivity index (χ0n) is 14.3. The molecule has 9 heteroatoms. The van der Waals surface area contributed by atoms with Crippen LogP contribution in [0.15, 0.2) is 29.3 Å². The van der Waals surface area contributed by atoms with Gasteiger partial charge in [-0.3, -0.25) is 4.99 Å². The fourth-order valence-electron chi connectivity index (χ4n) is 1.95. The Bertz CT molecular complexity index is 509. The molecule has 0 saturated heterocycles. The van der Waals surface area contributed by atoms with Gasteiger partial charge in [0.2, 0.25) is 0 Å². The van der Waals surface area contributed by atoms with E-state index >= 15 is 0 Å². The number of alkyl halides is 3. The van der Waals surface area contributed by atoms with Crippen LogP contribution in [0, 0.1) is 5.82 Å². The number of benzene rings is 1. The third kappa shape index (κ3) is 11.2. The molecule has 0 heterocycles. The Morgan fingerprint density at radius 2 is 1.88 bits per heavy atom. The van der Waals surface area contributed by atoms with E-state index in [-0.39, 0.29) is 36.4 Å². The molecule has 1 aromatic rings. The van der Waals surface area contributed by atoms with E-state index in [1.807, 2.05) is 18.9 Å². The number of hydrogen-bond donors (Lipinski definition) is 1. The maximum absolute atomic E-state index is 12.9. The number of rotatable bonds is 8. The number of nitrogens with one attached hydrogen (secondary N) is 1. The predicted octanol–water partition coefficient (Wildman–Crippen LogP) is 3.81. The normalized spacial score (nSPS) is 11.8. The first-order valence-electron chi connectivity index (χ1n) is 7.70. The van der Waals surface area contributed by atoms with Crippen LogP contribution in [0.3, 0.4) is 0 Å². The van der Waals surface area contributed by atoms with Gasteiger partial charge in [0.05, 0.1) is 0 Å². The van der Waals surface area contributed by atoms with Gasteiger partial charge >= 0.3 is 6.18 Å². The first-order valence-corrected chi connectivity index (χ1v) is 7.70. The Kier molecular flexibility index (Phi) is 11.7. The van der Waals surface area contributed by atoms with Gasteiger partial charge in [-0.15, -0.1) is 24.0 Å². The molecule has 0 fully saturated rings. The minimum Gasteiger partial charge on any atom is -0.372 e. The summed E-state index contributed by atoms with van der Waals surface area (Å²) in [6.07, 6.45) is -3.90. The third-order valence-corrected chi connectivity index (χ3v) is 3.00. The summed E-state index contributed by atoms with van der Waals surface area (Å²) in [6.45, 7) is 2.25. The Morgan fingerprint density at radius 3 is 2.44 bits per heavy atom. The Balaban J connectivity index is 0.00000576. The maximum atomic E-state index is 12.9. The van der Waals surface area contributed by atoms with Gasteiger partial charge in [0.25, 0.3) is 0 Å². The second kappa shape index (κ2) is 12.3. The SMILES string of the molecule is CCNC(=NCCCOCC(F)(F)F)N(C)Cc1ccc(F)cc1.I. The van der Waals surface area contributed by atoms with Gasteiger partial charge in [0, 0.05) is 33.3 Å². The molecular formula is C16H24F4IN3O. The minimum absolute atomic E-state index is 0. The fraction of sp³-hybridized carbons (Fsp3) is 0.562. The molecule has 25 heavy (non-hydrogen) atoms. The van der Waals surface area contributed by atoms with Gasteiger partial charge in [0.1, 0.15) is 12.4 Å². The highest BCUT2D eigenvalue weighted by Crippen LogP contribution is 2.14. The van der Waals surface area contributed by atoms with E-state index in [1.165, 1.54) is 12.1 Å². The molecule has 4 nitrogen and oxygen atoms in total. The van der Waals surface area contributed by atoms with Crippen molar-refractivity contribution in [3.05, 3.63) is 35.6 Å². The van der Waals surface area contributed by atoms with Crippen molar-refractivity contribution >= 4 is 29.9 Å². The third-order valence-electron chi connectivity index (χ3n) is 3.00. The second-order valence-electron chi connectivity index (χ2n) is 5.24. The first kappa shape index (κ1) is 23.9. The average Bonchev–Trinajstić information content (AvgIpc) is 2.50. The molecule has 0 aromatic heterocycles. The van der Waals surface area contributed by atoms with Crippen molar-refractivity contribution in [2.45, 2.75) is 26.1 Å². The first-order chi connectivity index (χ1) is 11.3. The van der Waals surface area contributed by atoms with Crippen molar-refractivity contribution in [3.63, 3.8) is 0 Å². The summed E-state index contributed by atoms with van der Waals surface area (Å²) in [7, 11) is 1.84. The van der Waals surface area contributed by atoms with E-state index < -0.39 is 12.8 Å². The molecule has 0 aliphatic rings. The summed E-state index contributed by atoms with van der Waals surface area (Å²) in [4.78, 5) is 6.23. The van der Waals surface area contributed by atoms with Crippen molar-refractivity contribution in [3.8, 4) is 0 Å². The minimum atomic E-state index is -4.30. The molecule has 144 valence electrons. The van der Waals surface area contributed by atoms with E-state index in [4.69, 9.17) is 0 Å². The zero-order valence-corrected chi connectivity index (χ0v) is 16.6. The molecule has 0 amide bonds. The van der Waals surface area contributed by atoms with Gasteiger partial charge in [-0.2, -0.15) is 13.2 Å². The molecule has 0 spiro atoms. The van der Waals surface area contributed by atoms with Gasteiger partial charge in [-0.25, -0.2) is 4.39 Å². The molecule has 0 saturated carbocycles. The molecule has 1 N–H and O–H groups in total. The Hall–Kier alpha value is -1.10. The highest BCUT2D eigenvalue weighted by atomic mass is 127. The number of nitrogens with zero attached hydrogens (tertiary/aromatic N) is 2. The quantitative estimate of drug-likeness (QED) is 0.204. The van der Waals surface area contributed by atoms with Gasteiger partial charge < -0.3 is 15.0 Å². The van der Waals surface area contributed by atoms with Crippen molar-refractivity contribution in [2.24, 2.45) is 4.99 Å². The number of halogens is 5. The molecule has 0 radical (unpaired) electrons. The summed E-state index contributed by atoms with van der Waals surface area (Å²) in [5.41, 5.74) is 0.929. The number of guanidine groups is 1. The summed E-state index contributed by atoms with van der Waals surface area (Å²) in [5, 5.41) is 3.11. The standard InChI is InChI=1S/C16H23F4N3O.HI/c1-3-21-15(22-9-4-10-24-12-16(18,19)20)23(2)11-13-5-7-14(17)8-6-13;/h5-8H,3-4,9-12H2,1-2H3,(H,21,22);1H. The number of hydrogen-bond acceptors (Lipinski definition) is 2. The van der Waals surface area contributed by atoms with Crippen LogP contribution in [0.5, 0.6) is 0 Å². The lowest BCUT2D eigenvalue weighted by Gasteiger charge is -2.22. The lowest BCUT2D eigenvalue weighted by Crippen LogP contribution is -2.38. The van der Waals surface area contributed by atoms with Crippen LogP contribution >= 0.6 is 24.0 Å². The molecule has 0 aliphatic carbocycles. The van der Waals surface area contributed by atoms with Crippen molar-refractivity contribution in [1.29, 1.82) is 0 Å². The second-order valence-corrected chi connectivity index (χ2v) is 5.24. The number of aliphatic imine (C=N–C) groups is 1. The van der Waals surface area contributed by atoms with Crippen LogP contribution in [0.1, 0.15) is 18.9 Å². The summed E-state index contributed by atoms with van der Waals surface area (Å²) >= 11 is 0. The monoisotopic (exact) mass is 477 g/mol. The molecule has 0 atom stereocenters. The molecular weight excluding hydrogens is 453 g/mol. The summed E-state index contributed by atoms with van der Waals surface area (Å²) in [5.74, 6) is 0.346. The predicted molar refractivity (Wildman–Crippen MR) is 101 cm³/mol. The average molecular weight is 477 g/mol. The van der Waals surface area contributed by atoms with Crippen molar-refractivity contribution in [2.75, 3.05) is 33.4 Å². The Labute approximate surface area is 162 Å². The summed E-state index contributed by atoms with van der Waals surface area (Å²) in [6, 6.07) is 6.18. The zero-order chi connectivity index (χ0) is 18.0. The largest absolute Gasteiger partial charge is 0.411 e. The van der Waals surface area contributed by atoms with Crippen LogP contribution in [0.2, 0.25) is 0 Å². The van der Waals surface area contributed by atoms with E-state index in [0.29, 0.717) is 32.0 Å². The van der Waals surface area contributed by atoms with Crippen LogP contribution in [0.25, 0.3) is 0 Å². The van der Waals surface area contributed by atoms with E-state index in [2.05, 4.69) is 15.0 Å². The topological polar surface area (TPSA) is 36.9 Å². The van der Waals surface area contributed by atoms with Gasteiger partial charge in [0.15, 0.2) is 5.96 Å². The van der Waals surface area contributed by atoms with Crippen LogP contribution in [0.4, 0.5) is 17.6 Å². The van der Waals surface area contributed by atoms with Crippen LogP contribution in [-0.2, 0) is 11.3 Å². The van der Waals surface area contributed by atoms with Crippen LogP contribution < -0.4 is 5.32 Å². The molecule has 0 unspecified atom stereocenters. The lowest BCUT2D eigenvalue weighted by molar-refractivity contribution is -0.173. The van der Waals surface area contributed by atoms with Gasteiger partial charge in [-0.05, 0) is 31.0 Å². The molecule has 0 aliphatic heterocycles.